The molecule has 6 heteroatoms. The van der Waals surface area contributed by atoms with Gasteiger partial charge in [0, 0.05) is 18.2 Å². The summed E-state index contributed by atoms with van der Waals surface area (Å²) in [6, 6.07) is 6.90. The van der Waals surface area contributed by atoms with Gasteiger partial charge in [-0.2, -0.15) is 0 Å². The highest BCUT2D eigenvalue weighted by molar-refractivity contribution is 5.75. The Morgan fingerprint density at radius 3 is 2.75 bits per heavy atom. The minimum atomic E-state index is -0.253. The van der Waals surface area contributed by atoms with Crippen molar-refractivity contribution < 1.29 is 13.9 Å². The van der Waals surface area contributed by atoms with Gasteiger partial charge >= 0.3 is 6.03 Å². The van der Waals surface area contributed by atoms with Crippen molar-refractivity contribution in [3.63, 3.8) is 0 Å². The van der Waals surface area contributed by atoms with Gasteiger partial charge in [0.05, 0.1) is 25.8 Å². The standard InChI is InChI=1S/C18H28FN3O2/c1-4-15(21(3)5-2)10-20-18(23)22-11-16(12-22)24-13-14-8-6-7-9-17(14)19/h6-9,15-16H,4-5,10-13H2,1-3H3,(H,20,23)/t15-/m1/s1. The molecule has 2 rings (SSSR count). The number of amides is 2. The highest BCUT2D eigenvalue weighted by atomic mass is 19.1. The molecule has 1 heterocycles. The van der Waals surface area contributed by atoms with Crippen molar-refractivity contribution in [3.8, 4) is 0 Å². The topological polar surface area (TPSA) is 44.8 Å². The number of benzene rings is 1. The molecule has 0 unspecified atom stereocenters. The molecule has 1 N–H and O–H groups in total. The molecular weight excluding hydrogens is 309 g/mol. The van der Waals surface area contributed by atoms with E-state index in [-0.39, 0.29) is 24.6 Å². The number of rotatable bonds is 8. The maximum Gasteiger partial charge on any atom is 0.317 e. The van der Waals surface area contributed by atoms with Crippen LogP contribution < -0.4 is 5.32 Å². The molecule has 0 aliphatic carbocycles. The third-order valence-corrected chi connectivity index (χ3v) is 4.65. The van der Waals surface area contributed by atoms with Crippen molar-refractivity contribution in [2.24, 2.45) is 0 Å². The number of halogens is 1. The number of ether oxygens (including phenoxy) is 1. The van der Waals surface area contributed by atoms with Crippen LogP contribution in [0.15, 0.2) is 24.3 Å². The quantitative estimate of drug-likeness (QED) is 0.793. The highest BCUT2D eigenvalue weighted by Gasteiger charge is 2.31. The Balaban J connectivity index is 1.66. The van der Waals surface area contributed by atoms with Gasteiger partial charge in [-0.05, 0) is 26.1 Å². The van der Waals surface area contributed by atoms with E-state index in [2.05, 4.69) is 31.1 Å². The number of likely N-dealkylation sites (tertiary alicyclic amines) is 1. The van der Waals surface area contributed by atoms with Crippen LogP contribution in [0.25, 0.3) is 0 Å². The van der Waals surface area contributed by atoms with Gasteiger partial charge in [-0.3, -0.25) is 0 Å². The van der Waals surface area contributed by atoms with Gasteiger partial charge in [-0.15, -0.1) is 0 Å². The number of hydrogen-bond donors (Lipinski definition) is 1. The smallest absolute Gasteiger partial charge is 0.317 e. The molecule has 0 aromatic heterocycles. The normalized spacial score (nSPS) is 16.1. The van der Waals surface area contributed by atoms with Gasteiger partial charge in [0.1, 0.15) is 5.82 Å². The fourth-order valence-electron chi connectivity index (χ4n) is 2.72. The molecule has 1 atom stereocenters. The summed E-state index contributed by atoms with van der Waals surface area (Å²) in [5.41, 5.74) is 0.550. The zero-order valence-electron chi connectivity index (χ0n) is 14.8. The first-order chi connectivity index (χ1) is 11.5. The fraction of sp³-hybridized carbons (Fsp3) is 0.611. The maximum atomic E-state index is 13.5. The average molecular weight is 337 g/mol. The molecule has 1 saturated heterocycles. The van der Waals surface area contributed by atoms with E-state index in [1.807, 2.05) is 0 Å². The Morgan fingerprint density at radius 2 is 2.12 bits per heavy atom. The number of urea groups is 1. The molecule has 134 valence electrons. The summed E-state index contributed by atoms with van der Waals surface area (Å²) in [7, 11) is 2.07. The lowest BCUT2D eigenvalue weighted by atomic mass is 10.1. The number of carbonyl (C=O) groups is 1. The van der Waals surface area contributed by atoms with E-state index in [9.17, 15) is 9.18 Å². The van der Waals surface area contributed by atoms with E-state index < -0.39 is 0 Å². The molecule has 0 saturated carbocycles. The van der Waals surface area contributed by atoms with E-state index >= 15 is 0 Å². The minimum absolute atomic E-state index is 0.0179. The van der Waals surface area contributed by atoms with Gasteiger partial charge < -0.3 is 19.9 Å². The van der Waals surface area contributed by atoms with Crippen LogP contribution in [-0.2, 0) is 11.3 Å². The van der Waals surface area contributed by atoms with Crippen molar-refractivity contribution >= 4 is 6.03 Å². The molecule has 1 aliphatic rings. The lowest BCUT2D eigenvalue weighted by Gasteiger charge is -2.39. The zero-order valence-corrected chi connectivity index (χ0v) is 14.8. The van der Waals surface area contributed by atoms with Crippen LogP contribution in [0.2, 0.25) is 0 Å². The monoisotopic (exact) mass is 337 g/mol. The molecule has 0 bridgehead atoms. The second kappa shape index (κ2) is 8.99. The lowest BCUT2D eigenvalue weighted by molar-refractivity contribution is -0.0451. The van der Waals surface area contributed by atoms with Crippen LogP contribution >= 0.6 is 0 Å². The molecule has 1 aromatic carbocycles. The summed E-state index contributed by atoms with van der Waals surface area (Å²) in [6.45, 7) is 7.20. The van der Waals surface area contributed by atoms with Crippen LogP contribution in [0.3, 0.4) is 0 Å². The summed E-state index contributed by atoms with van der Waals surface area (Å²) >= 11 is 0. The van der Waals surface area contributed by atoms with Crippen LogP contribution in [0.1, 0.15) is 25.8 Å². The number of likely N-dealkylation sites (N-methyl/N-ethyl adjacent to an activating group) is 1. The lowest BCUT2D eigenvalue weighted by Crippen LogP contribution is -2.58. The first-order valence-electron chi connectivity index (χ1n) is 8.63. The summed E-state index contributed by atoms with van der Waals surface area (Å²) in [5.74, 6) is -0.253. The Labute approximate surface area is 143 Å². The molecular formula is C18H28FN3O2. The van der Waals surface area contributed by atoms with E-state index in [4.69, 9.17) is 4.74 Å². The minimum Gasteiger partial charge on any atom is -0.370 e. The summed E-state index contributed by atoms with van der Waals surface area (Å²) in [6.07, 6.45) is 0.981. The van der Waals surface area contributed by atoms with Crippen LogP contribution in [0.5, 0.6) is 0 Å². The molecule has 1 aromatic rings. The summed E-state index contributed by atoms with van der Waals surface area (Å²) in [5, 5.41) is 2.98. The number of hydrogen-bond acceptors (Lipinski definition) is 3. The predicted octanol–water partition coefficient (Wildman–Crippen LogP) is 2.47. The summed E-state index contributed by atoms with van der Waals surface area (Å²) < 4.78 is 19.2. The van der Waals surface area contributed by atoms with E-state index in [1.165, 1.54) is 6.07 Å². The van der Waals surface area contributed by atoms with Crippen molar-refractivity contribution in [1.29, 1.82) is 0 Å². The average Bonchev–Trinajstić information content (AvgIpc) is 2.55. The Kier molecular flexibility index (Phi) is 6.99. The van der Waals surface area contributed by atoms with Gasteiger partial charge in [-0.25, -0.2) is 9.18 Å². The molecule has 1 fully saturated rings. The molecule has 24 heavy (non-hydrogen) atoms. The number of nitrogens with zero attached hydrogens (tertiary/aromatic N) is 2. The zero-order chi connectivity index (χ0) is 17.5. The molecule has 5 nitrogen and oxygen atoms in total. The van der Waals surface area contributed by atoms with E-state index in [0.717, 1.165) is 13.0 Å². The van der Waals surface area contributed by atoms with Gasteiger partial charge in [0.2, 0.25) is 0 Å². The van der Waals surface area contributed by atoms with Gasteiger partial charge in [0.15, 0.2) is 0 Å². The molecule has 0 spiro atoms. The Morgan fingerprint density at radius 1 is 1.42 bits per heavy atom. The van der Waals surface area contributed by atoms with Crippen molar-refractivity contribution in [2.75, 3.05) is 33.2 Å². The van der Waals surface area contributed by atoms with Crippen LogP contribution in [0.4, 0.5) is 9.18 Å². The molecule has 2 amide bonds. The summed E-state index contributed by atoms with van der Waals surface area (Å²) in [4.78, 5) is 16.1. The number of carbonyl (C=O) groups excluding carboxylic acids is 1. The van der Waals surface area contributed by atoms with E-state index in [0.29, 0.717) is 31.2 Å². The van der Waals surface area contributed by atoms with Crippen LogP contribution in [0, 0.1) is 5.82 Å². The third-order valence-electron chi connectivity index (χ3n) is 4.65. The van der Waals surface area contributed by atoms with Gasteiger partial charge in [0.25, 0.3) is 0 Å². The highest BCUT2D eigenvalue weighted by Crippen LogP contribution is 2.15. The SMILES string of the molecule is CC[C@H](CNC(=O)N1CC(OCc2ccccc2F)C1)N(C)CC. The number of nitrogens with one attached hydrogen (secondary N) is 1. The second-order valence-corrected chi connectivity index (χ2v) is 6.25. The van der Waals surface area contributed by atoms with Crippen molar-refractivity contribution in [1.82, 2.24) is 15.1 Å². The maximum absolute atomic E-state index is 13.5. The Hall–Kier alpha value is -1.66. The third kappa shape index (κ3) is 4.92. The fourth-order valence-corrected chi connectivity index (χ4v) is 2.72. The Bertz CT molecular complexity index is 535. The van der Waals surface area contributed by atoms with Crippen molar-refractivity contribution in [2.45, 2.75) is 39.0 Å². The van der Waals surface area contributed by atoms with E-state index in [1.54, 1.807) is 23.1 Å². The van der Waals surface area contributed by atoms with Crippen LogP contribution in [-0.4, -0.2) is 61.2 Å². The largest absolute Gasteiger partial charge is 0.370 e. The predicted molar refractivity (Wildman–Crippen MR) is 92.3 cm³/mol. The molecule has 0 radical (unpaired) electrons. The van der Waals surface area contributed by atoms with Crippen molar-refractivity contribution in [3.05, 3.63) is 35.6 Å². The first kappa shape index (κ1) is 18.7. The molecule has 1 aliphatic heterocycles. The van der Waals surface area contributed by atoms with Gasteiger partial charge in [-0.1, -0.05) is 32.0 Å². The second-order valence-electron chi connectivity index (χ2n) is 6.25. The first-order valence-corrected chi connectivity index (χ1v) is 8.63.